The van der Waals surface area contributed by atoms with Gasteiger partial charge in [0, 0.05) is 19.3 Å². The summed E-state index contributed by atoms with van der Waals surface area (Å²) in [6.45, 7) is 6.48. The average Bonchev–Trinajstić information content (AvgIpc) is 3.26. The van der Waals surface area contributed by atoms with Gasteiger partial charge in [0.25, 0.3) is 0 Å². The molecule has 356 valence electrons. The zero-order chi connectivity index (χ0) is 44.4. The van der Waals surface area contributed by atoms with Crippen LogP contribution in [0.25, 0.3) is 0 Å². The monoisotopic (exact) mass is 857 g/mol. The normalized spacial score (nSPS) is 12.2. The minimum Gasteiger partial charge on any atom is -0.462 e. The van der Waals surface area contributed by atoms with Crippen molar-refractivity contribution in [1.82, 2.24) is 0 Å². The van der Waals surface area contributed by atoms with Crippen LogP contribution in [0.15, 0.2) is 36.5 Å². The molecule has 0 saturated heterocycles. The fraction of sp³-hybridized carbons (Fsp3) is 0.836. The van der Waals surface area contributed by atoms with Crippen LogP contribution in [-0.4, -0.2) is 37.2 Å². The molecular formula is C55H100O6. The molecule has 0 rings (SSSR count). The van der Waals surface area contributed by atoms with Gasteiger partial charge in [-0.15, -0.1) is 0 Å². The van der Waals surface area contributed by atoms with Crippen molar-refractivity contribution in [3.05, 3.63) is 36.5 Å². The zero-order valence-electron chi connectivity index (χ0n) is 40.7. The zero-order valence-corrected chi connectivity index (χ0v) is 40.7. The third-order valence-corrected chi connectivity index (χ3v) is 11.7. The number of unbranched alkanes of at least 4 members (excludes halogenated alkanes) is 31. The van der Waals surface area contributed by atoms with Gasteiger partial charge in [-0.3, -0.25) is 14.4 Å². The van der Waals surface area contributed by atoms with Gasteiger partial charge in [0.15, 0.2) is 6.10 Å². The molecule has 0 aliphatic heterocycles. The highest BCUT2D eigenvalue weighted by Crippen LogP contribution is 2.16. The number of ether oxygens (including phenoxy) is 3. The number of hydrogen-bond donors (Lipinski definition) is 0. The van der Waals surface area contributed by atoms with Crippen molar-refractivity contribution in [3.63, 3.8) is 0 Å². The van der Waals surface area contributed by atoms with Crippen molar-refractivity contribution in [2.75, 3.05) is 13.2 Å². The molecule has 0 fully saturated rings. The Bertz CT molecular complexity index is 1030. The van der Waals surface area contributed by atoms with Crippen molar-refractivity contribution in [2.24, 2.45) is 0 Å². The lowest BCUT2D eigenvalue weighted by atomic mass is 10.0. The molecule has 0 radical (unpaired) electrons. The van der Waals surface area contributed by atoms with Crippen LogP contribution >= 0.6 is 0 Å². The van der Waals surface area contributed by atoms with Gasteiger partial charge in [-0.2, -0.15) is 0 Å². The minimum atomic E-state index is -0.780. The van der Waals surface area contributed by atoms with Crippen LogP contribution in [0.4, 0.5) is 0 Å². The van der Waals surface area contributed by atoms with E-state index in [0.717, 1.165) is 83.5 Å². The first-order chi connectivity index (χ1) is 30.0. The second-order valence-corrected chi connectivity index (χ2v) is 17.8. The van der Waals surface area contributed by atoms with Crippen LogP contribution in [0.3, 0.4) is 0 Å². The molecule has 6 nitrogen and oxygen atoms in total. The first kappa shape index (κ1) is 58.6. The summed E-state index contributed by atoms with van der Waals surface area (Å²) < 4.78 is 16.7. The topological polar surface area (TPSA) is 78.9 Å². The summed E-state index contributed by atoms with van der Waals surface area (Å²) in [5, 5.41) is 0. The Labute approximate surface area is 378 Å². The summed E-state index contributed by atoms with van der Waals surface area (Å²) >= 11 is 0. The summed E-state index contributed by atoms with van der Waals surface area (Å²) in [7, 11) is 0. The van der Waals surface area contributed by atoms with Crippen LogP contribution < -0.4 is 0 Å². The maximum Gasteiger partial charge on any atom is 0.306 e. The molecule has 0 N–H and O–H groups in total. The molecule has 1 unspecified atom stereocenters. The van der Waals surface area contributed by atoms with E-state index < -0.39 is 6.10 Å². The van der Waals surface area contributed by atoms with Crippen LogP contribution in [0.5, 0.6) is 0 Å². The lowest BCUT2D eigenvalue weighted by molar-refractivity contribution is -0.167. The van der Waals surface area contributed by atoms with Gasteiger partial charge in [-0.05, 0) is 51.4 Å². The van der Waals surface area contributed by atoms with Gasteiger partial charge in [0.1, 0.15) is 13.2 Å². The quantitative estimate of drug-likeness (QED) is 0.0262. The lowest BCUT2D eigenvalue weighted by Gasteiger charge is -2.18. The summed E-state index contributed by atoms with van der Waals surface area (Å²) in [6.07, 6.45) is 58.8. The molecule has 61 heavy (non-hydrogen) atoms. The predicted molar refractivity (Wildman–Crippen MR) is 261 cm³/mol. The predicted octanol–water partition coefficient (Wildman–Crippen LogP) is 17.3. The highest BCUT2D eigenvalue weighted by atomic mass is 16.6. The summed E-state index contributed by atoms with van der Waals surface area (Å²) in [6, 6.07) is 0. The standard InChI is InChI=1S/C55H100O6/c1-4-7-10-13-16-18-20-22-23-24-25-26-27-28-29-30-31-33-34-36-39-42-45-48-54(57)60-51-52(50-59-53(56)47-44-41-38-15-12-9-6-3)61-55(58)49-46-43-40-37-35-32-21-19-17-14-11-8-5-2/h8,11,17,19,32,35,52H,4-7,9-10,12-16,18,20-31,33-34,36-51H2,1-3H3/b11-8-,19-17-,35-32-. The van der Waals surface area contributed by atoms with Gasteiger partial charge in [-0.25, -0.2) is 0 Å². The van der Waals surface area contributed by atoms with E-state index in [2.05, 4.69) is 57.2 Å². The fourth-order valence-corrected chi connectivity index (χ4v) is 7.69. The van der Waals surface area contributed by atoms with Gasteiger partial charge in [0.2, 0.25) is 0 Å². The molecule has 0 spiro atoms. The van der Waals surface area contributed by atoms with Gasteiger partial charge in [-0.1, -0.05) is 243 Å². The molecule has 0 bridgehead atoms. The van der Waals surface area contributed by atoms with E-state index in [0.29, 0.717) is 19.3 Å². The second-order valence-electron chi connectivity index (χ2n) is 17.8. The van der Waals surface area contributed by atoms with E-state index in [1.54, 1.807) is 0 Å². The molecule has 1 atom stereocenters. The number of hydrogen-bond acceptors (Lipinski definition) is 6. The molecule has 0 aromatic heterocycles. The van der Waals surface area contributed by atoms with E-state index in [1.807, 2.05) is 0 Å². The molecular weight excluding hydrogens is 757 g/mol. The molecule has 0 heterocycles. The van der Waals surface area contributed by atoms with Crippen molar-refractivity contribution in [3.8, 4) is 0 Å². The van der Waals surface area contributed by atoms with Crippen molar-refractivity contribution < 1.29 is 28.6 Å². The van der Waals surface area contributed by atoms with E-state index in [1.165, 1.54) is 154 Å². The molecule has 0 aliphatic carbocycles. The fourth-order valence-electron chi connectivity index (χ4n) is 7.69. The Balaban J connectivity index is 4.13. The van der Waals surface area contributed by atoms with E-state index >= 15 is 0 Å². The van der Waals surface area contributed by atoms with E-state index in [9.17, 15) is 14.4 Å². The number of esters is 3. The van der Waals surface area contributed by atoms with E-state index in [-0.39, 0.29) is 31.1 Å². The van der Waals surface area contributed by atoms with Crippen LogP contribution in [0.1, 0.15) is 278 Å². The first-order valence-corrected chi connectivity index (χ1v) is 26.5. The largest absolute Gasteiger partial charge is 0.462 e. The maximum absolute atomic E-state index is 12.7. The molecule has 0 aromatic carbocycles. The maximum atomic E-state index is 12.7. The van der Waals surface area contributed by atoms with Crippen molar-refractivity contribution >= 4 is 17.9 Å². The molecule has 0 aromatic rings. The number of carbonyl (C=O) groups is 3. The minimum absolute atomic E-state index is 0.0806. The Morgan fingerprint density at radius 1 is 0.344 bits per heavy atom. The van der Waals surface area contributed by atoms with Crippen LogP contribution in [0.2, 0.25) is 0 Å². The smallest absolute Gasteiger partial charge is 0.306 e. The average molecular weight is 857 g/mol. The van der Waals surface area contributed by atoms with Crippen molar-refractivity contribution in [2.45, 2.75) is 284 Å². The molecule has 0 amide bonds. The number of allylic oxidation sites excluding steroid dienone is 6. The summed E-state index contributed by atoms with van der Waals surface area (Å²) in [5.74, 6) is -0.907. The summed E-state index contributed by atoms with van der Waals surface area (Å²) in [5.41, 5.74) is 0. The lowest BCUT2D eigenvalue weighted by Crippen LogP contribution is -2.30. The number of rotatable bonds is 48. The third-order valence-electron chi connectivity index (χ3n) is 11.7. The molecule has 0 aliphatic rings. The van der Waals surface area contributed by atoms with Crippen LogP contribution in [0, 0.1) is 0 Å². The van der Waals surface area contributed by atoms with E-state index in [4.69, 9.17) is 14.2 Å². The Morgan fingerprint density at radius 2 is 0.639 bits per heavy atom. The highest BCUT2D eigenvalue weighted by molar-refractivity contribution is 5.71. The number of carbonyl (C=O) groups excluding carboxylic acids is 3. The third kappa shape index (κ3) is 48.5. The Kier molecular flexibility index (Phi) is 48.3. The molecule has 0 saturated carbocycles. The SMILES string of the molecule is CC/C=C\C/C=C\C/C=C\CCCCCC(=O)OC(COC(=O)CCCCCCCCC)COC(=O)CCCCCCCCCCCCCCCCCCCCCCCCC. The first-order valence-electron chi connectivity index (χ1n) is 26.5. The van der Waals surface area contributed by atoms with Gasteiger partial charge < -0.3 is 14.2 Å². The van der Waals surface area contributed by atoms with Gasteiger partial charge >= 0.3 is 17.9 Å². The second kappa shape index (κ2) is 50.3. The molecule has 6 heteroatoms. The van der Waals surface area contributed by atoms with Crippen LogP contribution in [-0.2, 0) is 28.6 Å². The Hall–Kier alpha value is -2.37. The highest BCUT2D eigenvalue weighted by Gasteiger charge is 2.19. The Morgan fingerprint density at radius 3 is 1.00 bits per heavy atom. The van der Waals surface area contributed by atoms with Crippen molar-refractivity contribution in [1.29, 1.82) is 0 Å². The summed E-state index contributed by atoms with van der Waals surface area (Å²) in [4.78, 5) is 37.8. The van der Waals surface area contributed by atoms with Gasteiger partial charge in [0.05, 0.1) is 0 Å².